The van der Waals surface area contributed by atoms with E-state index in [9.17, 15) is 14.0 Å². The molecule has 0 unspecified atom stereocenters. The quantitative estimate of drug-likeness (QED) is 0.667. The summed E-state index contributed by atoms with van der Waals surface area (Å²) in [4.78, 5) is 23.4. The summed E-state index contributed by atoms with van der Waals surface area (Å²) in [6.07, 6.45) is 9.40. The summed E-state index contributed by atoms with van der Waals surface area (Å²) in [7, 11) is 0. The summed E-state index contributed by atoms with van der Waals surface area (Å²) in [6.45, 7) is 3.88. The Morgan fingerprint density at radius 3 is 2.72 bits per heavy atom. The van der Waals surface area contributed by atoms with Crippen LogP contribution in [0.5, 0.6) is 5.75 Å². The molecule has 1 aromatic heterocycles. The number of nitrogens with one attached hydrogen (secondary N) is 1. The van der Waals surface area contributed by atoms with Gasteiger partial charge in [0.2, 0.25) is 5.43 Å². The fraction of sp³-hybridized carbons (Fsp3) is 0.455. The molecule has 2 N–H and O–H groups in total. The van der Waals surface area contributed by atoms with E-state index in [1.807, 2.05) is 18.4 Å². The van der Waals surface area contributed by atoms with Gasteiger partial charge in [-0.15, -0.1) is 0 Å². The summed E-state index contributed by atoms with van der Waals surface area (Å²) in [5, 5.41) is 12.2. The Balaban J connectivity index is 1.98. The number of carboxylic acid groups (broad SMARTS) is 1. The molecule has 1 saturated carbocycles. The van der Waals surface area contributed by atoms with E-state index < -0.39 is 17.2 Å². The molecule has 156 valence electrons. The van der Waals surface area contributed by atoms with Gasteiger partial charge in [0.25, 0.3) is 0 Å². The van der Waals surface area contributed by atoms with E-state index in [1.165, 1.54) is 18.6 Å². The van der Waals surface area contributed by atoms with Crippen molar-refractivity contribution in [2.75, 3.05) is 11.9 Å². The number of aliphatic carboxylic acids is 1. The van der Waals surface area contributed by atoms with Gasteiger partial charge in [0.1, 0.15) is 12.4 Å². The normalized spacial score (nSPS) is 15.3. The van der Waals surface area contributed by atoms with E-state index in [2.05, 4.69) is 5.32 Å². The van der Waals surface area contributed by atoms with E-state index in [-0.39, 0.29) is 29.8 Å². The van der Waals surface area contributed by atoms with Crippen molar-refractivity contribution in [3.8, 4) is 5.75 Å². The maximum atomic E-state index is 14.8. The van der Waals surface area contributed by atoms with Gasteiger partial charge in [-0.25, -0.2) is 9.18 Å². The molecule has 7 heteroatoms. The Morgan fingerprint density at radius 1 is 1.34 bits per heavy atom. The zero-order valence-electron chi connectivity index (χ0n) is 16.8. The molecule has 29 heavy (non-hydrogen) atoms. The third kappa shape index (κ3) is 4.96. The number of carboxylic acids is 1. The zero-order chi connectivity index (χ0) is 21.0. The van der Waals surface area contributed by atoms with Crippen molar-refractivity contribution in [3.05, 3.63) is 46.5 Å². The fourth-order valence-electron chi connectivity index (χ4n) is 3.74. The van der Waals surface area contributed by atoms with Crippen LogP contribution in [0.1, 0.15) is 52.0 Å². The number of nitrogens with zero attached hydrogens (tertiary/aromatic N) is 1. The molecule has 0 atom stereocenters. The van der Waals surface area contributed by atoms with Crippen LogP contribution in [0.25, 0.3) is 10.9 Å². The smallest absolute Gasteiger partial charge is 0.328 e. The molecule has 1 fully saturated rings. The van der Waals surface area contributed by atoms with Crippen LogP contribution >= 0.6 is 0 Å². The molecule has 0 aliphatic heterocycles. The highest BCUT2D eigenvalue weighted by Crippen LogP contribution is 2.28. The summed E-state index contributed by atoms with van der Waals surface area (Å²) in [6, 6.07) is 3.23. The molecule has 0 bridgehead atoms. The number of aromatic nitrogens is 1. The minimum absolute atomic E-state index is 0.0167. The van der Waals surface area contributed by atoms with E-state index in [1.54, 1.807) is 12.3 Å². The third-order valence-corrected chi connectivity index (χ3v) is 5.20. The molecular formula is C22H27FN2O4. The van der Waals surface area contributed by atoms with Crippen molar-refractivity contribution >= 4 is 22.6 Å². The molecule has 1 aliphatic rings. The molecule has 6 nitrogen and oxygen atoms in total. The van der Waals surface area contributed by atoms with Crippen molar-refractivity contribution in [2.45, 2.75) is 58.0 Å². The van der Waals surface area contributed by atoms with Crippen molar-refractivity contribution in [2.24, 2.45) is 0 Å². The van der Waals surface area contributed by atoms with Crippen molar-refractivity contribution in [3.63, 3.8) is 0 Å². The highest BCUT2D eigenvalue weighted by atomic mass is 19.1. The second kappa shape index (κ2) is 9.11. The van der Waals surface area contributed by atoms with Gasteiger partial charge in [-0.2, -0.15) is 0 Å². The first-order chi connectivity index (χ1) is 13.9. The molecule has 2 aromatic rings. The number of hydrogen-bond donors (Lipinski definition) is 2. The number of benzene rings is 1. The number of halogens is 1. The largest absolute Gasteiger partial charge is 0.484 e. The molecule has 0 spiro atoms. The average molecular weight is 402 g/mol. The number of pyridine rings is 1. The molecule has 0 amide bonds. The van der Waals surface area contributed by atoms with Crippen LogP contribution in [0.4, 0.5) is 10.1 Å². The van der Waals surface area contributed by atoms with E-state index >= 15 is 0 Å². The molecule has 1 heterocycles. The zero-order valence-corrected chi connectivity index (χ0v) is 16.8. The number of fused-ring (bicyclic) bond motifs is 1. The standard InChI is InChI=1S/C22H27FN2O4/c1-14(2)25-13-20(29-10-6-9-21(26)27)22(28)16-11-17(23)18(12-19(16)25)24-15-7-4-3-5-8-15/h6,9,11-15,24H,3-5,7-8,10H2,1-2H3,(H,26,27). The Hall–Kier alpha value is -2.83. The highest BCUT2D eigenvalue weighted by Gasteiger charge is 2.18. The number of carbonyl (C=O) groups is 1. The van der Waals surface area contributed by atoms with E-state index in [0.717, 1.165) is 31.8 Å². The minimum Gasteiger partial charge on any atom is -0.484 e. The number of rotatable bonds is 7. The van der Waals surface area contributed by atoms with Crippen LogP contribution in [-0.4, -0.2) is 28.3 Å². The van der Waals surface area contributed by atoms with E-state index in [0.29, 0.717) is 11.2 Å². The summed E-state index contributed by atoms with van der Waals surface area (Å²) in [5.41, 5.74) is 0.637. The topological polar surface area (TPSA) is 80.6 Å². The lowest BCUT2D eigenvalue weighted by Crippen LogP contribution is -2.23. The summed E-state index contributed by atoms with van der Waals surface area (Å²) in [5.74, 6) is -1.49. The third-order valence-electron chi connectivity index (χ3n) is 5.20. The van der Waals surface area contributed by atoms with Crippen molar-refractivity contribution < 1.29 is 19.0 Å². The second-order valence-corrected chi connectivity index (χ2v) is 7.70. The van der Waals surface area contributed by atoms with Gasteiger partial charge in [-0.1, -0.05) is 19.3 Å². The lowest BCUT2D eigenvalue weighted by Gasteiger charge is -2.25. The van der Waals surface area contributed by atoms with Gasteiger partial charge in [-0.05, 0) is 44.9 Å². The molecular weight excluding hydrogens is 375 g/mol. The first kappa shape index (κ1) is 20.9. The van der Waals surface area contributed by atoms with Gasteiger partial charge < -0.3 is 19.7 Å². The minimum atomic E-state index is -1.09. The number of hydrogen-bond acceptors (Lipinski definition) is 4. The van der Waals surface area contributed by atoms with Gasteiger partial charge in [0, 0.05) is 18.2 Å². The predicted molar refractivity (Wildman–Crippen MR) is 111 cm³/mol. The van der Waals surface area contributed by atoms with Crippen LogP contribution in [0.2, 0.25) is 0 Å². The van der Waals surface area contributed by atoms with Crippen LogP contribution in [0.3, 0.4) is 0 Å². The molecule has 0 radical (unpaired) electrons. The SMILES string of the molecule is CC(C)n1cc(OCC=CC(=O)O)c(=O)c2cc(F)c(NC3CCCCC3)cc21. The van der Waals surface area contributed by atoms with Crippen LogP contribution in [-0.2, 0) is 4.79 Å². The van der Waals surface area contributed by atoms with Crippen LogP contribution in [0.15, 0.2) is 35.3 Å². The van der Waals surface area contributed by atoms with Crippen LogP contribution < -0.4 is 15.5 Å². The Bertz CT molecular complexity index is 975. The number of anilines is 1. The average Bonchev–Trinajstić information content (AvgIpc) is 2.68. The lowest BCUT2D eigenvalue weighted by atomic mass is 9.95. The lowest BCUT2D eigenvalue weighted by molar-refractivity contribution is -0.131. The van der Waals surface area contributed by atoms with Gasteiger partial charge >= 0.3 is 5.97 Å². The maximum absolute atomic E-state index is 14.8. The Morgan fingerprint density at radius 2 is 2.07 bits per heavy atom. The second-order valence-electron chi connectivity index (χ2n) is 7.70. The molecule has 3 rings (SSSR count). The first-order valence-corrected chi connectivity index (χ1v) is 10.0. The van der Waals surface area contributed by atoms with Crippen LogP contribution in [0, 0.1) is 5.82 Å². The van der Waals surface area contributed by atoms with Gasteiger partial charge in [0.15, 0.2) is 5.75 Å². The number of ether oxygens (including phenoxy) is 1. The molecule has 1 aliphatic carbocycles. The molecule has 0 saturated heterocycles. The van der Waals surface area contributed by atoms with Gasteiger partial charge in [0.05, 0.1) is 22.8 Å². The van der Waals surface area contributed by atoms with Crippen molar-refractivity contribution in [1.29, 1.82) is 0 Å². The summed E-state index contributed by atoms with van der Waals surface area (Å²) < 4.78 is 22.1. The molecule has 1 aromatic carbocycles. The first-order valence-electron chi connectivity index (χ1n) is 10.0. The highest BCUT2D eigenvalue weighted by molar-refractivity contribution is 5.84. The summed E-state index contributed by atoms with van der Waals surface area (Å²) >= 11 is 0. The fourth-order valence-corrected chi connectivity index (χ4v) is 3.74. The maximum Gasteiger partial charge on any atom is 0.328 e. The van der Waals surface area contributed by atoms with Gasteiger partial charge in [-0.3, -0.25) is 4.79 Å². The predicted octanol–water partition coefficient (Wildman–Crippen LogP) is 4.49. The van der Waals surface area contributed by atoms with E-state index in [4.69, 9.17) is 9.84 Å². The Kier molecular flexibility index (Phi) is 6.56. The Labute approximate surface area is 169 Å². The van der Waals surface area contributed by atoms with Crippen molar-refractivity contribution in [1.82, 2.24) is 4.57 Å². The monoisotopic (exact) mass is 402 g/mol.